The van der Waals surface area contributed by atoms with Crippen LogP contribution in [0.1, 0.15) is 49.3 Å². The van der Waals surface area contributed by atoms with Crippen LogP contribution >= 0.6 is 0 Å². The maximum atomic E-state index is 2.36. The first-order valence-electron chi connectivity index (χ1n) is 10.7. The van der Waals surface area contributed by atoms with Crippen molar-refractivity contribution in [1.82, 2.24) is 0 Å². The third kappa shape index (κ3) is 7.71. The minimum atomic E-state index is 0. The Labute approximate surface area is 222 Å². The van der Waals surface area contributed by atoms with Crippen molar-refractivity contribution in [1.29, 1.82) is 0 Å². The summed E-state index contributed by atoms with van der Waals surface area (Å²) in [6.07, 6.45) is 5.14. The molecule has 0 heterocycles. The molecule has 1 aliphatic rings. The van der Waals surface area contributed by atoms with Gasteiger partial charge in [0, 0.05) is 9.52 Å². The van der Waals surface area contributed by atoms with Crippen molar-refractivity contribution in [2.24, 2.45) is 0 Å². The van der Waals surface area contributed by atoms with Crippen LogP contribution in [0.25, 0.3) is 21.5 Å². The zero-order chi connectivity index (χ0) is 19.9. The van der Waals surface area contributed by atoms with E-state index in [2.05, 4.69) is 93.7 Å². The smallest absolute Gasteiger partial charge is 1.00 e. The SMILES string of the molecule is CCC(C)c1c[cH-]c2ccccc12.C[SiH]C.[Cl-].[Cl-].[Zr+4].c1cc2cc3c(cc2[cH-]1)CCC3. The molecule has 0 amide bonds. The quantitative estimate of drug-likeness (QED) is 0.265. The molecule has 0 bridgehead atoms. The number of fused-ring (bicyclic) bond motifs is 3. The van der Waals surface area contributed by atoms with Crippen LogP contribution < -0.4 is 24.8 Å². The Balaban J connectivity index is 0.000000476. The largest absolute Gasteiger partial charge is 4.00 e. The Morgan fingerprint density at radius 2 is 1.58 bits per heavy atom. The summed E-state index contributed by atoms with van der Waals surface area (Å²) in [7, 11) is 0.750. The molecule has 0 fully saturated rings. The standard InChI is InChI=1S/C13H15.C12H11.C2H7Si.2ClH.Zr/c1-3-10(2)12-9-8-11-6-4-5-7-13(11)12;1-3-9-7-11-5-2-6-12(11)8-10(9)4-1;1-3-2;;;/h4-10H,3H2,1-2H3;1,3-4,7-8H,2,5-6H2;3H,1-2H3;2*1H;/q2*-1;;;;+4/p-2. The first-order valence-corrected chi connectivity index (χ1v) is 13.0. The van der Waals surface area contributed by atoms with E-state index in [4.69, 9.17) is 0 Å². The van der Waals surface area contributed by atoms with E-state index in [9.17, 15) is 0 Å². The molecule has 4 heteroatoms. The second kappa shape index (κ2) is 15.2. The van der Waals surface area contributed by atoms with E-state index in [0.717, 1.165) is 9.52 Å². The summed E-state index contributed by atoms with van der Waals surface area (Å²) in [5.41, 5.74) is 4.65. The van der Waals surface area contributed by atoms with E-state index < -0.39 is 0 Å². The van der Waals surface area contributed by atoms with Crippen LogP contribution in [-0.4, -0.2) is 9.52 Å². The Hall–Kier alpha value is -0.660. The molecule has 1 radical (unpaired) electrons. The zero-order valence-corrected chi connectivity index (χ0v) is 24.2. The summed E-state index contributed by atoms with van der Waals surface area (Å²) >= 11 is 0. The van der Waals surface area contributed by atoms with Crippen molar-refractivity contribution in [3.8, 4) is 0 Å². The maximum Gasteiger partial charge on any atom is 4.00 e. The Morgan fingerprint density at radius 3 is 2.26 bits per heavy atom. The summed E-state index contributed by atoms with van der Waals surface area (Å²) in [5, 5.41) is 5.63. The molecule has 1 aliphatic carbocycles. The molecule has 0 nitrogen and oxygen atoms in total. The van der Waals surface area contributed by atoms with E-state index in [1.165, 1.54) is 52.8 Å². The van der Waals surface area contributed by atoms with Gasteiger partial charge in [0.05, 0.1) is 0 Å². The van der Waals surface area contributed by atoms with Gasteiger partial charge in [0.1, 0.15) is 0 Å². The fraction of sp³-hybridized carbons (Fsp3) is 0.333. The first-order chi connectivity index (χ1) is 13.7. The predicted molar refractivity (Wildman–Crippen MR) is 129 cm³/mol. The van der Waals surface area contributed by atoms with Gasteiger partial charge in [-0.05, 0) is 19.3 Å². The number of aryl methyl sites for hydroxylation is 2. The summed E-state index contributed by atoms with van der Waals surface area (Å²) in [4.78, 5) is 0. The molecule has 0 N–H and O–H groups in total. The average Bonchev–Trinajstić information content (AvgIpc) is 3.45. The Kier molecular flexibility index (Phi) is 14.9. The Bertz CT molecular complexity index is 980. The van der Waals surface area contributed by atoms with Gasteiger partial charge in [-0.1, -0.05) is 56.5 Å². The molecular formula is C27H33Cl2SiZr. The van der Waals surface area contributed by atoms with Crippen molar-refractivity contribution in [3.05, 3.63) is 83.4 Å². The maximum absolute atomic E-state index is 2.36. The summed E-state index contributed by atoms with van der Waals surface area (Å²) in [6.45, 7) is 8.95. The normalized spacial score (nSPS) is 12.1. The Morgan fingerprint density at radius 1 is 0.935 bits per heavy atom. The second-order valence-corrected chi connectivity index (χ2v) is 9.05. The average molecular weight is 548 g/mol. The van der Waals surface area contributed by atoms with Crippen LogP contribution in [0.2, 0.25) is 13.1 Å². The van der Waals surface area contributed by atoms with E-state index in [0.29, 0.717) is 5.92 Å². The predicted octanol–water partition coefficient (Wildman–Crippen LogP) is 1.64. The summed E-state index contributed by atoms with van der Waals surface area (Å²) < 4.78 is 0. The minimum absolute atomic E-state index is 0. The van der Waals surface area contributed by atoms with Gasteiger partial charge >= 0.3 is 26.2 Å². The van der Waals surface area contributed by atoms with Crippen LogP contribution in [-0.2, 0) is 39.0 Å². The van der Waals surface area contributed by atoms with Crippen molar-refractivity contribution in [2.75, 3.05) is 0 Å². The van der Waals surface area contributed by atoms with Gasteiger partial charge in [-0.15, -0.1) is 70.1 Å². The summed E-state index contributed by atoms with van der Waals surface area (Å²) in [5.74, 6) is 0.680. The van der Waals surface area contributed by atoms with Gasteiger partial charge in [-0.25, -0.2) is 0 Å². The van der Waals surface area contributed by atoms with E-state index in [1.54, 1.807) is 11.1 Å². The van der Waals surface area contributed by atoms with Crippen LogP contribution in [0.4, 0.5) is 0 Å². The van der Waals surface area contributed by atoms with Crippen molar-refractivity contribution < 1.29 is 51.0 Å². The van der Waals surface area contributed by atoms with Crippen molar-refractivity contribution in [3.63, 3.8) is 0 Å². The van der Waals surface area contributed by atoms with Gasteiger partial charge in [-0.3, -0.25) is 0 Å². The van der Waals surface area contributed by atoms with Crippen LogP contribution in [0.15, 0.2) is 66.7 Å². The van der Waals surface area contributed by atoms with Crippen molar-refractivity contribution >= 4 is 31.1 Å². The van der Waals surface area contributed by atoms with E-state index in [1.807, 2.05) is 0 Å². The molecule has 4 aromatic rings. The topological polar surface area (TPSA) is 0 Å². The number of rotatable bonds is 2. The van der Waals surface area contributed by atoms with E-state index >= 15 is 0 Å². The second-order valence-electron chi connectivity index (χ2n) is 7.89. The molecule has 5 rings (SSSR count). The number of hydrogen-bond acceptors (Lipinski definition) is 0. The molecule has 0 aromatic heterocycles. The first kappa shape index (κ1) is 30.3. The summed E-state index contributed by atoms with van der Waals surface area (Å²) in [6, 6.07) is 24.4. The molecule has 1 atom stereocenters. The van der Waals surface area contributed by atoms with Crippen LogP contribution in [0, 0.1) is 0 Å². The number of halogens is 2. The van der Waals surface area contributed by atoms with Gasteiger partial charge < -0.3 is 24.8 Å². The molecule has 31 heavy (non-hydrogen) atoms. The van der Waals surface area contributed by atoms with Gasteiger partial charge in [0.25, 0.3) is 0 Å². The molecule has 4 aromatic carbocycles. The molecule has 1 unspecified atom stereocenters. The molecule has 163 valence electrons. The van der Waals surface area contributed by atoms with Crippen LogP contribution in [0.5, 0.6) is 0 Å². The molecular weight excluding hydrogens is 515 g/mol. The third-order valence-electron chi connectivity index (χ3n) is 5.71. The zero-order valence-electron chi connectivity index (χ0n) is 19.1. The molecule has 0 saturated carbocycles. The fourth-order valence-corrected chi connectivity index (χ4v) is 4.03. The third-order valence-corrected chi connectivity index (χ3v) is 5.71. The molecule has 0 aliphatic heterocycles. The monoisotopic (exact) mass is 545 g/mol. The van der Waals surface area contributed by atoms with Crippen LogP contribution in [0.3, 0.4) is 0 Å². The minimum Gasteiger partial charge on any atom is -1.00 e. The number of hydrogen-bond donors (Lipinski definition) is 0. The number of benzene rings is 2. The van der Waals surface area contributed by atoms with Gasteiger partial charge in [-0.2, -0.15) is 17.7 Å². The van der Waals surface area contributed by atoms with Crippen molar-refractivity contribution in [2.45, 2.75) is 58.5 Å². The van der Waals surface area contributed by atoms with E-state index in [-0.39, 0.29) is 51.0 Å². The molecule has 0 spiro atoms. The fourth-order valence-electron chi connectivity index (χ4n) is 4.03. The van der Waals surface area contributed by atoms with Gasteiger partial charge in [0.15, 0.2) is 0 Å². The van der Waals surface area contributed by atoms with Gasteiger partial charge in [0.2, 0.25) is 0 Å². The molecule has 0 saturated heterocycles.